The summed E-state index contributed by atoms with van der Waals surface area (Å²) in [5.41, 5.74) is 1.66. The standard InChI is InChI=1S/C18H16Cl2N2O2/c1-2-17(23)21-14-8-9-15(18-13(14)7-10-16(20)22-18)24-12-5-3-11(19)4-6-12/h2-7,10,14-15H,1,8-9H2,(H,21,23)/t14-,15+/m0/s1. The van der Waals surface area contributed by atoms with Crippen LogP contribution in [0.25, 0.3) is 0 Å². The molecule has 0 spiro atoms. The monoisotopic (exact) mass is 362 g/mol. The van der Waals surface area contributed by atoms with Crippen LogP contribution in [0.4, 0.5) is 0 Å². The summed E-state index contributed by atoms with van der Waals surface area (Å²) in [4.78, 5) is 16.1. The Balaban J connectivity index is 1.88. The van der Waals surface area contributed by atoms with E-state index in [1.54, 1.807) is 18.2 Å². The predicted molar refractivity (Wildman–Crippen MR) is 94.4 cm³/mol. The number of amides is 1. The van der Waals surface area contributed by atoms with E-state index in [4.69, 9.17) is 27.9 Å². The van der Waals surface area contributed by atoms with Crippen molar-refractivity contribution in [3.63, 3.8) is 0 Å². The van der Waals surface area contributed by atoms with Crippen molar-refractivity contribution in [2.45, 2.75) is 25.0 Å². The Kier molecular flexibility index (Phi) is 5.07. The van der Waals surface area contributed by atoms with E-state index in [1.807, 2.05) is 18.2 Å². The molecular weight excluding hydrogens is 347 g/mol. The first-order valence-electron chi connectivity index (χ1n) is 7.58. The Morgan fingerprint density at radius 1 is 1.21 bits per heavy atom. The maximum absolute atomic E-state index is 11.6. The lowest BCUT2D eigenvalue weighted by Gasteiger charge is -2.31. The largest absolute Gasteiger partial charge is 0.484 e. The van der Waals surface area contributed by atoms with Crippen LogP contribution in [0.2, 0.25) is 10.2 Å². The van der Waals surface area contributed by atoms with Crippen molar-refractivity contribution in [3.05, 3.63) is 70.5 Å². The van der Waals surface area contributed by atoms with Crippen LogP contribution in [-0.4, -0.2) is 10.9 Å². The number of ether oxygens (including phenoxy) is 1. The number of carbonyl (C=O) groups is 1. The van der Waals surface area contributed by atoms with Gasteiger partial charge in [-0.15, -0.1) is 0 Å². The lowest BCUT2D eigenvalue weighted by Crippen LogP contribution is -2.32. The SMILES string of the molecule is C=CC(=O)N[C@H]1CC[C@@H](Oc2ccc(Cl)cc2)c2nc(Cl)ccc21. The van der Waals surface area contributed by atoms with Crippen molar-refractivity contribution in [1.82, 2.24) is 10.3 Å². The summed E-state index contributed by atoms with van der Waals surface area (Å²) < 4.78 is 6.06. The van der Waals surface area contributed by atoms with E-state index >= 15 is 0 Å². The molecule has 1 N–H and O–H groups in total. The third kappa shape index (κ3) is 3.71. The van der Waals surface area contributed by atoms with E-state index in [-0.39, 0.29) is 18.1 Å². The highest BCUT2D eigenvalue weighted by atomic mass is 35.5. The van der Waals surface area contributed by atoms with Crippen molar-refractivity contribution in [3.8, 4) is 5.75 Å². The number of benzene rings is 1. The number of pyridine rings is 1. The third-order valence-corrected chi connectivity index (χ3v) is 4.38. The summed E-state index contributed by atoms with van der Waals surface area (Å²) in [6.07, 6.45) is 2.50. The molecule has 1 heterocycles. The smallest absolute Gasteiger partial charge is 0.243 e. The number of hydrogen-bond donors (Lipinski definition) is 1. The summed E-state index contributed by atoms with van der Waals surface area (Å²) >= 11 is 12.0. The van der Waals surface area contributed by atoms with Crippen molar-refractivity contribution < 1.29 is 9.53 Å². The van der Waals surface area contributed by atoms with Crippen LogP contribution in [0.1, 0.15) is 36.2 Å². The number of hydrogen-bond acceptors (Lipinski definition) is 3. The van der Waals surface area contributed by atoms with Crippen molar-refractivity contribution in [2.24, 2.45) is 0 Å². The lowest BCUT2D eigenvalue weighted by molar-refractivity contribution is -0.117. The number of aromatic nitrogens is 1. The fourth-order valence-electron chi connectivity index (χ4n) is 2.80. The summed E-state index contributed by atoms with van der Waals surface area (Å²) in [5, 5.41) is 3.97. The molecule has 0 saturated heterocycles. The molecule has 24 heavy (non-hydrogen) atoms. The van der Waals surface area contributed by atoms with Gasteiger partial charge in [-0.2, -0.15) is 0 Å². The van der Waals surface area contributed by atoms with Gasteiger partial charge in [0.15, 0.2) is 0 Å². The number of fused-ring (bicyclic) bond motifs is 1. The number of carbonyl (C=O) groups excluding carboxylic acids is 1. The zero-order chi connectivity index (χ0) is 17.1. The van der Waals surface area contributed by atoms with Crippen LogP contribution in [0.15, 0.2) is 49.1 Å². The summed E-state index contributed by atoms with van der Waals surface area (Å²) in [7, 11) is 0. The van der Waals surface area contributed by atoms with Crippen molar-refractivity contribution >= 4 is 29.1 Å². The number of rotatable bonds is 4. The van der Waals surface area contributed by atoms with E-state index in [1.165, 1.54) is 6.08 Å². The highest BCUT2D eigenvalue weighted by Crippen LogP contribution is 2.38. The number of nitrogens with zero attached hydrogens (tertiary/aromatic N) is 1. The van der Waals surface area contributed by atoms with Crippen LogP contribution in [0.3, 0.4) is 0 Å². The molecule has 0 aliphatic heterocycles. The van der Waals surface area contributed by atoms with E-state index < -0.39 is 0 Å². The molecule has 0 saturated carbocycles. The first-order chi connectivity index (χ1) is 11.6. The van der Waals surface area contributed by atoms with Gasteiger partial charge in [0.2, 0.25) is 5.91 Å². The molecule has 1 aromatic carbocycles. The van der Waals surface area contributed by atoms with Gasteiger partial charge in [-0.3, -0.25) is 4.79 Å². The average Bonchev–Trinajstić information content (AvgIpc) is 2.58. The van der Waals surface area contributed by atoms with Gasteiger partial charge < -0.3 is 10.1 Å². The van der Waals surface area contributed by atoms with E-state index in [0.717, 1.165) is 17.7 Å². The molecule has 0 fully saturated rings. The number of halogens is 2. The molecule has 1 aliphatic rings. The van der Waals surface area contributed by atoms with E-state index in [0.29, 0.717) is 22.3 Å². The van der Waals surface area contributed by atoms with Crippen LogP contribution in [-0.2, 0) is 4.79 Å². The normalized spacial score (nSPS) is 19.2. The molecule has 0 bridgehead atoms. The molecular formula is C18H16Cl2N2O2. The molecule has 1 amide bonds. The Hall–Kier alpha value is -2.04. The topological polar surface area (TPSA) is 51.2 Å². The van der Waals surface area contributed by atoms with Crippen LogP contribution in [0.5, 0.6) is 5.75 Å². The lowest BCUT2D eigenvalue weighted by atomic mass is 9.89. The highest BCUT2D eigenvalue weighted by Gasteiger charge is 2.30. The molecule has 124 valence electrons. The van der Waals surface area contributed by atoms with Crippen molar-refractivity contribution in [2.75, 3.05) is 0 Å². The van der Waals surface area contributed by atoms with Crippen molar-refractivity contribution in [1.29, 1.82) is 0 Å². The first kappa shape index (κ1) is 16.8. The van der Waals surface area contributed by atoms with Gasteiger partial charge in [0, 0.05) is 5.02 Å². The summed E-state index contributed by atoms with van der Waals surface area (Å²) in [5.74, 6) is 0.503. The van der Waals surface area contributed by atoms with Gasteiger partial charge in [-0.1, -0.05) is 35.8 Å². The van der Waals surface area contributed by atoms with Gasteiger partial charge in [0.05, 0.1) is 11.7 Å². The second kappa shape index (κ2) is 7.24. The Morgan fingerprint density at radius 3 is 2.67 bits per heavy atom. The number of nitrogens with one attached hydrogen (secondary N) is 1. The summed E-state index contributed by atoms with van der Waals surface area (Å²) in [6, 6.07) is 10.7. The van der Waals surface area contributed by atoms with Gasteiger partial charge in [0.1, 0.15) is 17.0 Å². The molecule has 4 nitrogen and oxygen atoms in total. The summed E-state index contributed by atoms with van der Waals surface area (Å²) in [6.45, 7) is 3.49. The van der Waals surface area contributed by atoms with Crippen LogP contribution < -0.4 is 10.1 Å². The molecule has 0 radical (unpaired) electrons. The molecule has 0 unspecified atom stereocenters. The molecule has 2 atom stereocenters. The first-order valence-corrected chi connectivity index (χ1v) is 8.34. The minimum atomic E-state index is -0.225. The van der Waals surface area contributed by atoms with Gasteiger partial charge in [0.25, 0.3) is 0 Å². The Morgan fingerprint density at radius 2 is 1.96 bits per heavy atom. The fourth-order valence-corrected chi connectivity index (χ4v) is 3.08. The van der Waals surface area contributed by atoms with Crippen LogP contribution >= 0.6 is 23.2 Å². The Labute approximate surface area is 150 Å². The quantitative estimate of drug-likeness (QED) is 0.636. The molecule has 3 rings (SSSR count). The highest BCUT2D eigenvalue weighted by molar-refractivity contribution is 6.30. The second-order valence-corrected chi connectivity index (χ2v) is 6.34. The zero-order valence-electron chi connectivity index (χ0n) is 12.8. The predicted octanol–water partition coefficient (Wildman–Crippen LogP) is 4.65. The molecule has 2 aromatic rings. The fraction of sp³-hybridized carbons (Fsp3) is 0.222. The van der Waals surface area contributed by atoms with E-state index in [2.05, 4.69) is 16.9 Å². The minimum absolute atomic E-state index is 0.125. The van der Waals surface area contributed by atoms with Gasteiger partial charge in [-0.05, 0) is 54.8 Å². The van der Waals surface area contributed by atoms with Gasteiger partial charge in [-0.25, -0.2) is 4.98 Å². The van der Waals surface area contributed by atoms with Crippen LogP contribution in [0, 0.1) is 0 Å². The average molecular weight is 363 g/mol. The van der Waals surface area contributed by atoms with E-state index in [9.17, 15) is 4.79 Å². The van der Waals surface area contributed by atoms with Gasteiger partial charge >= 0.3 is 0 Å². The molecule has 1 aliphatic carbocycles. The molecule has 1 aromatic heterocycles. The Bertz CT molecular complexity index is 762. The zero-order valence-corrected chi connectivity index (χ0v) is 14.3. The minimum Gasteiger partial charge on any atom is -0.484 e. The maximum Gasteiger partial charge on any atom is 0.243 e. The molecule has 6 heteroatoms. The third-order valence-electron chi connectivity index (χ3n) is 3.92. The maximum atomic E-state index is 11.6. The second-order valence-electron chi connectivity index (χ2n) is 5.51.